The first-order valence-electron chi connectivity index (χ1n) is 7.36. The van der Waals surface area contributed by atoms with Crippen molar-refractivity contribution in [1.82, 2.24) is 24.5 Å². The summed E-state index contributed by atoms with van der Waals surface area (Å²) in [4.78, 5) is 15.6. The summed E-state index contributed by atoms with van der Waals surface area (Å²) >= 11 is 0. The van der Waals surface area contributed by atoms with Crippen LogP contribution in [0.1, 0.15) is 16.1 Å². The molecule has 0 aliphatic rings. The molecule has 7 heteroatoms. The molecule has 0 spiro atoms. The molecule has 3 aromatic heterocycles. The zero-order valence-corrected chi connectivity index (χ0v) is 12.6. The Morgan fingerprint density at radius 1 is 1.12 bits per heavy atom. The van der Waals surface area contributed by atoms with E-state index in [0.29, 0.717) is 17.6 Å². The van der Waals surface area contributed by atoms with E-state index in [9.17, 15) is 9.90 Å². The summed E-state index contributed by atoms with van der Waals surface area (Å²) in [6, 6.07) is 13.2. The maximum absolute atomic E-state index is 11.3. The molecule has 118 valence electrons. The molecule has 4 aromatic rings. The number of carbonyl (C=O) groups is 1. The van der Waals surface area contributed by atoms with Crippen LogP contribution in [0.2, 0.25) is 0 Å². The summed E-state index contributed by atoms with van der Waals surface area (Å²) in [7, 11) is 0. The van der Waals surface area contributed by atoms with Crippen LogP contribution >= 0.6 is 0 Å². The molecule has 0 unspecified atom stereocenters. The van der Waals surface area contributed by atoms with Gasteiger partial charge in [-0.1, -0.05) is 18.2 Å². The van der Waals surface area contributed by atoms with E-state index in [1.165, 1.54) is 0 Å². The zero-order chi connectivity index (χ0) is 16.5. The number of hydrogen-bond acceptors (Lipinski definition) is 4. The molecular formula is C17H13N5O2. The summed E-state index contributed by atoms with van der Waals surface area (Å²) in [6.45, 7) is 0.396. The van der Waals surface area contributed by atoms with Gasteiger partial charge in [-0.25, -0.2) is 19.1 Å². The van der Waals surface area contributed by atoms with Crippen LogP contribution in [0.3, 0.4) is 0 Å². The van der Waals surface area contributed by atoms with Crippen LogP contribution in [0, 0.1) is 0 Å². The molecule has 0 bridgehead atoms. The minimum atomic E-state index is -1.06. The number of benzene rings is 1. The number of para-hydroxylation sites is 1. The highest BCUT2D eigenvalue weighted by Gasteiger charge is 2.17. The Kier molecular flexibility index (Phi) is 3.31. The quantitative estimate of drug-likeness (QED) is 0.624. The zero-order valence-electron chi connectivity index (χ0n) is 12.6. The van der Waals surface area contributed by atoms with E-state index in [1.807, 2.05) is 36.5 Å². The number of hydrogen-bond donors (Lipinski definition) is 1. The third-order valence-electron chi connectivity index (χ3n) is 3.70. The number of carboxylic acids is 1. The monoisotopic (exact) mass is 319 g/mol. The molecule has 7 nitrogen and oxygen atoms in total. The molecular weight excluding hydrogens is 306 g/mol. The average molecular weight is 319 g/mol. The Morgan fingerprint density at radius 3 is 2.75 bits per heavy atom. The van der Waals surface area contributed by atoms with Gasteiger partial charge in [0.25, 0.3) is 0 Å². The van der Waals surface area contributed by atoms with Crippen molar-refractivity contribution in [3.05, 3.63) is 72.3 Å². The lowest BCUT2D eigenvalue weighted by molar-refractivity contribution is 0.0691. The third kappa shape index (κ3) is 2.41. The maximum atomic E-state index is 11.3. The van der Waals surface area contributed by atoms with Crippen molar-refractivity contribution in [3.8, 4) is 5.69 Å². The lowest BCUT2D eigenvalue weighted by atomic mass is 10.2. The fourth-order valence-corrected chi connectivity index (χ4v) is 2.61. The van der Waals surface area contributed by atoms with Gasteiger partial charge < -0.3 is 5.11 Å². The number of rotatable bonds is 4. The van der Waals surface area contributed by atoms with Gasteiger partial charge in [0.1, 0.15) is 0 Å². The maximum Gasteiger partial charge on any atom is 0.357 e. The van der Waals surface area contributed by atoms with Crippen LogP contribution in [0.25, 0.3) is 16.7 Å². The molecule has 0 fully saturated rings. The lowest BCUT2D eigenvalue weighted by Gasteiger charge is -2.01. The number of aromatic nitrogens is 5. The van der Waals surface area contributed by atoms with Gasteiger partial charge in [0.05, 0.1) is 23.8 Å². The topological polar surface area (TPSA) is 85.8 Å². The summed E-state index contributed by atoms with van der Waals surface area (Å²) in [6.07, 6.45) is 5.26. The third-order valence-corrected chi connectivity index (χ3v) is 3.70. The molecule has 3 heterocycles. The summed E-state index contributed by atoms with van der Waals surface area (Å²) in [5, 5.41) is 18.4. The highest BCUT2D eigenvalue weighted by atomic mass is 16.4. The Bertz CT molecular complexity index is 1020. The number of fused-ring (bicyclic) bond motifs is 1. The molecule has 0 aliphatic heterocycles. The van der Waals surface area contributed by atoms with Gasteiger partial charge >= 0.3 is 5.97 Å². The fraction of sp³-hybridized carbons (Fsp3) is 0.0588. The SMILES string of the molecule is O=C(O)c1nn(Cc2cnn(-c3ccccc3)c2)c2ncccc12. The molecule has 0 aliphatic carbocycles. The van der Waals surface area contributed by atoms with Crippen molar-refractivity contribution in [2.45, 2.75) is 6.54 Å². The van der Waals surface area contributed by atoms with E-state index >= 15 is 0 Å². The number of aromatic carboxylic acids is 1. The van der Waals surface area contributed by atoms with Crippen molar-refractivity contribution in [3.63, 3.8) is 0 Å². The summed E-state index contributed by atoms with van der Waals surface area (Å²) in [5.41, 5.74) is 2.42. The van der Waals surface area contributed by atoms with E-state index in [4.69, 9.17) is 0 Å². The average Bonchev–Trinajstić information content (AvgIpc) is 3.22. The summed E-state index contributed by atoms with van der Waals surface area (Å²) < 4.78 is 3.36. The normalized spacial score (nSPS) is 11.0. The Morgan fingerprint density at radius 2 is 1.96 bits per heavy atom. The van der Waals surface area contributed by atoms with E-state index in [0.717, 1.165) is 11.3 Å². The van der Waals surface area contributed by atoms with Crippen LogP contribution in [0.5, 0.6) is 0 Å². The predicted molar refractivity (Wildman–Crippen MR) is 87.2 cm³/mol. The molecule has 0 saturated heterocycles. The molecule has 24 heavy (non-hydrogen) atoms. The Labute approximate surface area is 136 Å². The van der Waals surface area contributed by atoms with Crippen molar-refractivity contribution < 1.29 is 9.90 Å². The highest BCUT2D eigenvalue weighted by molar-refractivity contribution is 5.99. The summed E-state index contributed by atoms with van der Waals surface area (Å²) in [5.74, 6) is -1.06. The van der Waals surface area contributed by atoms with E-state index in [1.54, 1.807) is 33.9 Å². The van der Waals surface area contributed by atoms with Gasteiger partial charge in [-0.15, -0.1) is 0 Å². The van der Waals surface area contributed by atoms with Gasteiger partial charge in [0, 0.05) is 18.0 Å². The molecule has 1 N–H and O–H groups in total. The minimum absolute atomic E-state index is 0.00792. The number of nitrogens with zero attached hydrogens (tertiary/aromatic N) is 5. The lowest BCUT2D eigenvalue weighted by Crippen LogP contribution is -2.04. The van der Waals surface area contributed by atoms with Gasteiger partial charge in [-0.05, 0) is 24.3 Å². The molecule has 0 amide bonds. The Hall–Kier alpha value is -3.48. The van der Waals surface area contributed by atoms with Crippen LogP contribution in [0.4, 0.5) is 0 Å². The highest BCUT2D eigenvalue weighted by Crippen LogP contribution is 2.18. The fourth-order valence-electron chi connectivity index (χ4n) is 2.61. The van der Waals surface area contributed by atoms with Gasteiger partial charge in [-0.2, -0.15) is 10.2 Å². The minimum Gasteiger partial charge on any atom is -0.476 e. The molecule has 0 saturated carbocycles. The molecule has 4 rings (SSSR count). The second-order valence-electron chi connectivity index (χ2n) is 5.31. The van der Waals surface area contributed by atoms with Gasteiger partial charge in [-0.3, -0.25) is 0 Å². The van der Waals surface area contributed by atoms with Gasteiger partial charge in [0.15, 0.2) is 11.3 Å². The first-order valence-corrected chi connectivity index (χ1v) is 7.36. The number of pyridine rings is 1. The van der Waals surface area contributed by atoms with E-state index in [-0.39, 0.29) is 5.69 Å². The van der Waals surface area contributed by atoms with Crippen molar-refractivity contribution in [1.29, 1.82) is 0 Å². The first kappa shape index (κ1) is 14.1. The molecule has 1 aromatic carbocycles. The van der Waals surface area contributed by atoms with Gasteiger partial charge in [0.2, 0.25) is 0 Å². The first-order chi connectivity index (χ1) is 11.7. The predicted octanol–water partition coefficient (Wildman–Crippen LogP) is 2.36. The molecule has 0 radical (unpaired) electrons. The second kappa shape index (κ2) is 5.62. The Balaban J connectivity index is 1.70. The number of carboxylic acid groups (broad SMARTS) is 1. The van der Waals surface area contributed by atoms with Crippen molar-refractivity contribution in [2.24, 2.45) is 0 Å². The smallest absolute Gasteiger partial charge is 0.357 e. The van der Waals surface area contributed by atoms with Crippen LogP contribution in [-0.4, -0.2) is 35.6 Å². The standard InChI is InChI=1S/C17H13N5O2/c23-17(24)15-14-7-4-8-18-16(14)22(20-15)11-12-9-19-21(10-12)13-5-2-1-3-6-13/h1-10H,11H2,(H,23,24). The molecule has 0 atom stereocenters. The second-order valence-corrected chi connectivity index (χ2v) is 5.31. The van der Waals surface area contributed by atoms with Crippen LogP contribution in [0.15, 0.2) is 61.1 Å². The van der Waals surface area contributed by atoms with Crippen LogP contribution in [-0.2, 0) is 6.54 Å². The largest absolute Gasteiger partial charge is 0.476 e. The van der Waals surface area contributed by atoms with Crippen molar-refractivity contribution >= 4 is 17.0 Å². The van der Waals surface area contributed by atoms with E-state index < -0.39 is 5.97 Å². The van der Waals surface area contributed by atoms with E-state index in [2.05, 4.69) is 15.2 Å². The van der Waals surface area contributed by atoms with Crippen molar-refractivity contribution in [2.75, 3.05) is 0 Å². The van der Waals surface area contributed by atoms with Crippen LogP contribution < -0.4 is 0 Å².